The van der Waals surface area contributed by atoms with Crippen LogP contribution in [0.1, 0.15) is 31.2 Å². The van der Waals surface area contributed by atoms with Crippen LogP contribution in [0.2, 0.25) is 0 Å². The summed E-state index contributed by atoms with van der Waals surface area (Å²) in [6.07, 6.45) is 4.78. The molecule has 1 aromatic rings. The SMILES string of the molecule is CN=C(NCc1cccc(OCCN(C)C2CCOCC2)c1)NCC1CCCO1.I. The number of guanidine groups is 1. The van der Waals surface area contributed by atoms with Gasteiger partial charge in [-0.15, -0.1) is 24.0 Å². The van der Waals surface area contributed by atoms with Crippen LogP contribution in [-0.2, 0) is 16.0 Å². The molecule has 0 spiro atoms. The quantitative estimate of drug-likeness (QED) is 0.290. The standard InChI is InChI=1S/C22H36N4O3.HI/c1-23-22(25-17-21-7-4-11-28-21)24-16-18-5-3-6-20(15-18)29-14-10-26(2)19-8-12-27-13-9-19;/h3,5-6,15,19,21H,4,7-14,16-17H2,1-2H3,(H2,23,24,25);1H. The summed E-state index contributed by atoms with van der Waals surface area (Å²) in [6.45, 7) is 5.72. The van der Waals surface area contributed by atoms with Crippen molar-refractivity contribution in [3.05, 3.63) is 29.8 Å². The summed E-state index contributed by atoms with van der Waals surface area (Å²) in [5.41, 5.74) is 1.17. The molecule has 1 unspecified atom stereocenters. The number of aliphatic imine (C=N–C) groups is 1. The fourth-order valence-electron chi connectivity index (χ4n) is 3.78. The average molecular weight is 532 g/mol. The van der Waals surface area contributed by atoms with E-state index in [1.807, 2.05) is 12.1 Å². The lowest BCUT2D eigenvalue weighted by atomic mass is 10.1. The number of halogens is 1. The molecule has 2 fully saturated rings. The Balaban J connectivity index is 0.00000320. The van der Waals surface area contributed by atoms with Gasteiger partial charge in [0.15, 0.2) is 5.96 Å². The highest BCUT2D eigenvalue weighted by Crippen LogP contribution is 2.15. The van der Waals surface area contributed by atoms with Gasteiger partial charge in [-0.1, -0.05) is 12.1 Å². The predicted octanol–water partition coefficient (Wildman–Crippen LogP) is 2.64. The highest BCUT2D eigenvalue weighted by Gasteiger charge is 2.18. The molecule has 1 aromatic carbocycles. The number of likely N-dealkylation sites (N-methyl/N-ethyl adjacent to an activating group) is 1. The molecule has 170 valence electrons. The number of rotatable bonds is 9. The molecule has 0 amide bonds. The Morgan fingerprint density at radius 3 is 2.77 bits per heavy atom. The second-order valence-corrected chi connectivity index (χ2v) is 7.76. The van der Waals surface area contributed by atoms with Crippen LogP contribution in [-0.4, -0.2) is 76.6 Å². The zero-order chi connectivity index (χ0) is 20.3. The number of hydrogen-bond donors (Lipinski definition) is 2. The van der Waals surface area contributed by atoms with Gasteiger partial charge in [0.25, 0.3) is 0 Å². The Bertz CT molecular complexity index is 635. The fourth-order valence-corrected chi connectivity index (χ4v) is 3.78. The highest BCUT2D eigenvalue weighted by molar-refractivity contribution is 14.0. The average Bonchev–Trinajstić information content (AvgIpc) is 3.28. The Morgan fingerprint density at radius 1 is 1.20 bits per heavy atom. The third-order valence-corrected chi connectivity index (χ3v) is 5.63. The van der Waals surface area contributed by atoms with Gasteiger partial charge in [0, 0.05) is 52.5 Å². The van der Waals surface area contributed by atoms with E-state index in [0.717, 1.165) is 70.3 Å². The predicted molar refractivity (Wildman–Crippen MR) is 131 cm³/mol. The summed E-state index contributed by atoms with van der Waals surface area (Å²) in [5, 5.41) is 6.70. The van der Waals surface area contributed by atoms with E-state index in [0.29, 0.717) is 25.3 Å². The minimum absolute atomic E-state index is 0. The minimum Gasteiger partial charge on any atom is -0.492 e. The van der Waals surface area contributed by atoms with Crippen molar-refractivity contribution < 1.29 is 14.2 Å². The summed E-state index contributed by atoms with van der Waals surface area (Å²) in [5.74, 6) is 1.71. The van der Waals surface area contributed by atoms with Gasteiger partial charge in [0.1, 0.15) is 12.4 Å². The van der Waals surface area contributed by atoms with Crippen molar-refractivity contribution >= 4 is 29.9 Å². The van der Waals surface area contributed by atoms with Crippen LogP contribution in [0.4, 0.5) is 0 Å². The maximum atomic E-state index is 5.99. The van der Waals surface area contributed by atoms with Gasteiger partial charge in [-0.25, -0.2) is 0 Å². The van der Waals surface area contributed by atoms with E-state index < -0.39 is 0 Å². The topological polar surface area (TPSA) is 67.4 Å². The maximum Gasteiger partial charge on any atom is 0.191 e. The Morgan fingerprint density at radius 2 is 2.03 bits per heavy atom. The van der Waals surface area contributed by atoms with Crippen molar-refractivity contribution in [2.24, 2.45) is 4.99 Å². The molecule has 30 heavy (non-hydrogen) atoms. The molecule has 2 heterocycles. The minimum atomic E-state index is 0. The summed E-state index contributed by atoms with van der Waals surface area (Å²) < 4.78 is 17.1. The van der Waals surface area contributed by atoms with E-state index >= 15 is 0 Å². The van der Waals surface area contributed by atoms with Gasteiger partial charge in [-0.05, 0) is 50.4 Å². The molecule has 2 aliphatic heterocycles. The van der Waals surface area contributed by atoms with Crippen molar-refractivity contribution in [2.45, 2.75) is 44.4 Å². The molecule has 2 saturated heterocycles. The van der Waals surface area contributed by atoms with E-state index in [-0.39, 0.29) is 24.0 Å². The molecular weight excluding hydrogens is 495 g/mol. The first-order valence-electron chi connectivity index (χ1n) is 10.8. The molecule has 0 saturated carbocycles. The molecule has 7 nitrogen and oxygen atoms in total. The summed E-state index contributed by atoms with van der Waals surface area (Å²) >= 11 is 0. The third-order valence-electron chi connectivity index (χ3n) is 5.63. The largest absolute Gasteiger partial charge is 0.492 e. The lowest BCUT2D eigenvalue weighted by molar-refractivity contribution is 0.0392. The highest BCUT2D eigenvalue weighted by atomic mass is 127. The monoisotopic (exact) mass is 532 g/mol. The molecule has 0 bridgehead atoms. The Labute approximate surface area is 197 Å². The number of hydrogen-bond acceptors (Lipinski definition) is 5. The van der Waals surface area contributed by atoms with Crippen molar-refractivity contribution in [2.75, 3.05) is 53.6 Å². The lowest BCUT2D eigenvalue weighted by Gasteiger charge is -2.31. The van der Waals surface area contributed by atoms with Crippen LogP contribution in [0.5, 0.6) is 5.75 Å². The third kappa shape index (κ3) is 8.56. The van der Waals surface area contributed by atoms with E-state index in [2.05, 4.69) is 39.7 Å². The molecule has 3 rings (SSSR count). The number of benzene rings is 1. The van der Waals surface area contributed by atoms with Crippen LogP contribution in [0.15, 0.2) is 29.3 Å². The van der Waals surface area contributed by atoms with Crippen LogP contribution in [0, 0.1) is 0 Å². The molecule has 2 aliphatic rings. The molecule has 0 aromatic heterocycles. The van der Waals surface area contributed by atoms with E-state index in [9.17, 15) is 0 Å². The first-order valence-corrected chi connectivity index (χ1v) is 10.8. The van der Waals surface area contributed by atoms with Crippen LogP contribution >= 0.6 is 24.0 Å². The Hall–Kier alpha value is -1.10. The van der Waals surface area contributed by atoms with Gasteiger partial charge in [-0.3, -0.25) is 9.89 Å². The molecule has 2 N–H and O–H groups in total. The van der Waals surface area contributed by atoms with Gasteiger partial charge in [0.05, 0.1) is 6.10 Å². The van der Waals surface area contributed by atoms with Crippen LogP contribution < -0.4 is 15.4 Å². The second kappa shape index (κ2) is 14.1. The summed E-state index contributed by atoms with van der Waals surface area (Å²) in [7, 11) is 3.97. The number of nitrogens with zero attached hydrogens (tertiary/aromatic N) is 2. The van der Waals surface area contributed by atoms with Crippen molar-refractivity contribution in [3.63, 3.8) is 0 Å². The van der Waals surface area contributed by atoms with E-state index in [1.54, 1.807) is 7.05 Å². The zero-order valence-electron chi connectivity index (χ0n) is 18.3. The van der Waals surface area contributed by atoms with E-state index in [4.69, 9.17) is 14.2 Å². The summed E-state index contributed by atoms with van der Waals surface area (Å²) in [6, 6.07) is 8.85. The Kier molecular flexibility index (Phi) is 11.8. The van der Waals surface area contributed by atoms with Crippen LogP contribution in [0.25, 0.3) is 0 Å². The van der Waals surface area contributed by atoms with E-state index in [1.165, 1.54) is 5.56 Å². The molecular formula is C22H37IN4O3. The summed E-state index contributed by atoms with van der Waals surface area (Å²) in [4.78, 5) is 6.68. The van der Waals surface area contributed by atoms with Crippen molar-refractivity contribution in [1.82, 2.24) is 15.5 Å². The molecule has 8 heteroatoms. The smallest absolute Gasteiger partial charge is 0.191 e. The van der Waals surface area contributed by atoms with Crippen LogP contribution in [0.3, 0.4) is 0 Å². The lowest BCUT2D eigenvalue weighted by Crippen LogP contribution is -2.40. The van der Waals surface area contributed by atoms with Crippen molar-refractivity contribution in [3.8, 4) is 5.75 Å². The second-order valence-electron chi connectivity index (χ2n) is 7.76. The molecule has 0 aliphatic carbocycles. The first kappa shape index (κ1) is 25.2. The first-order chi connectivity index (χ1) is 14.2. The maximum absolute atomic E-state index is 5.99. The van der Waals surface area contributed by atoms with Crippen molar-refractivity contribution in [1.29, 1.82) is 0 Å². The van der Waals surface area contributed by atoms with Gasteiger partial charge >= 0.3 is 0 Å². The number of ether oxygens (including phenoxy) is 3. The van der Waals surface area contributed by atoms with Gasteiger partial charge in [0.2, 0.25) is 0 Å². The number of nitrogens with one attached hydrogen (secondary N) is 2. The normalized spacial score (nSPS) is 20.1. The fraction of sp³-hybridized carbons (Fsp3) is 0.682. The van der Waals surface area contributed by atoms with Gasteiger partial charge < -0.3 is 24.8 Å². The zero-order valence-corrected chi connectivity index (χ0v) is 20.6. The molecule has 0 radical (unpaired) electrons. The molecule has 1 atom stereocenters. The van der Waals surface area contributed by atoms with Gasteiger partial charge in [-0.2, -0.15) is 0 Å².